The first kappa shape index (κ1) is 18.2. The second kappa shape index (κ2) is 7.47. The average molecular weight is 377 g/mol. The summed E-state index contributed by atoms with van der Waals surface area (Å²) in [5.74, 6) is 0.811. The molecule has 3 aliphatic heterocycles. The van der Waals surface area contributed by atoms with Gasteiger partial charge in [-0.1, -0.05) is 0 Å². The van der Waals surface area contributed by atoms with Crippen molar-refractivity contribution in [2.75, 3.05) is 52.5 Å². The number of carboxylic acid groups (broad SMARTS) is 1. The number of amides is 2. The molecule has 9 nitrogen and oxygen atoms in total. The molecule has 27 heavy (non-hydrogen) atoms. The minimum atomic E-state index is -0.821. The van der Waals surface area contributed by atoms with Gasteiger partial charge in [-0.15, -0.1) is 0 Å². The maximum Gasteiger partial charge on any atom is 0.407 e. The first-order valence-electron chi connectivity index (χ1n) is 9.68. The largest absolute Gasteiger partial charge is 0.465 e. The number of morpholine rings is 1. The lowest BCUT2D eigenvalue weighted by atomic mass is 10.0. The Morgan fingerprint density at radius 2 is 1.81 bits per heavy atom. The SMILES string of the molecule is CCn1ncc(CN2CC3CN(C(=O)O)CC3C2)c1C(=O)N1CCOCC1. The van der Waals surface area contributed by atoms with Crippen molar-refractivity contribution < 1.29 is 19.4 Å². The molecule has 4 heterocycles. The fourth-order valence-corrected chi connectivity index (χ4v) is 4.56. The minimum absolute atomic E-state index is 0.0316. The fraction of sp³-hybridized carbons (Fsp3) is 0.722. The molecule has 4 rings (SSSR count). The highest BCUT2D eigenvalue weighted by atomic mass is 16.5. The minimum Gasteiger partial charge on any atom is -0.465 e. The van der Waals surface area contributed by atoms with Crippen molar-refractivity contribution in [1.29, 1.82) is 0 Å². The molecule has 1 aromatic heterocycles. The molecule has 1 N–H and O–H groups in total. The molecular formula is C18H27N5O4. The maximum atomic E-state index is 13.1. The van der Waals surface area contributed by atoms with Gasteiger partial charge in [-0.25, -0.2) is 4.79 Å². The Morgan fingerprint density at radius 3 is 2.41 bits per heavy atom. The smallest absolute Gasteiger partial charge is 0.407 e. The average Bonchev–Trinajstić information content (AvgIpc) is 3.35. The lowest BCUT2D eigenvalue weighted by Crippen LogP contribution is -2.42. The van der Waals surface area contributed by atoms with E-state index < -0.39 is 6.09 Å². The molecule has 0 aliphatic carbocycles. The standard InChI is InChI=1S/C18H27N5O4/c1-2-23-16(17(24)21-3-5-27-6-4-21)13(7-19-23)8-20-9-14-11-22(18(25)26)12-15(14)10-20/h7,14-15H,2-6,8-12H2,1H3,(H,25,26). The van der Waals surface area contributed by atoms with Crippen LogP contribution in [0.15, 0.2) is 6.20 Å². The zero-order chi connectivity index (χ0) is 19.0. The van der Waals surface area contributed by atoms with Gasteiger partial charge < -0.3 is 19.6 Å². The Labute approximate surface area is 158 Å². The number of nitrogens with zero attached hydrogens (tertiary/aromatic N) is 5. The van der Waals surface area contributed by atoms with Crippen LogP contribution in [0.3, 0.4) is 0 Å². The third-order valence-electron chi connectivity index (χ3n) is 5.94. The summed E-state index contributed by atoms with van der Waals surface area (Å²) in [6.07, 6.45) is 0.994. The molecule has 2 unspecified atom stereocenters. The second-order valence-corrected chi connectivity index (χ2v) is 7.64. The Kier molecular flexibility index (Phi) is 5.05. The fourth-order valence-electron chi connectivity index (χ4n) is 4.56. The van der Waals surface area contributed by atoms with Crippen molar-refractivity contribution in [3.05, 3.63) is 17.5 Å². The maximum absolute atomic E-state index is 13.1. The summed E-state index contributed by atoms with van der Waals surface area (Å²) in [6, 6.07) is 0. The molecule has 0 saturated carbocycles. The van der Waals surface area contributed by atoms with E-state index in [4.69, 9.17) is 4.74 Å². The first-order chi connectivity index (χ1) is 13.1. The Bertz CT molecular complexity index is 701. The van der Waals surface area contributed by atoms with Gasteiger partial charge in [0.25, 0.3) is 5.91 Å². The second-order valence-electron chi connectivity index (χ2n) is 7.64. The lowest BCUT2D eigenvalue weighted by molar-refractivity contribution is 0.0293. The van der Waals surface area contributed by atoms with Crippen molar-refractivity contribution in [2.24, 2.45) is 11.8 Å². The van der Waals surface area contributed by atoms with E-state index in [0.29, 0.717) is 70.0 Å². The topological polar surface area (TPSA) is 91.1 Å². The van der Waals surface area contributed by atoms with Crippen LogP contribution in [0, 0.1) is 11.8 Å². The normalized spacial score (nSPS) is 25.8. The summed E-state index contributed by atoms with van der Waals surface area (Å²) in [5, 5.41) is 13.6. The van der Waals surface area contributed by atoms with E-state index in [2.05, 4.69) is 10.00 Å². The van der Waals surface area contributed by atoms with E-state index in [0.717, 1.165) is 18.7 Å². The van der Waals surface area contributed by atoms with Crippen LogP contribution in [0.5, 0.6) is 0 Å². The first-order valence-corrected chi connectivity index (χ1v) is 9.68. The van der Waals surface area contributed by atoms with Gasteiger partial charge in [-0.05, 0) is 18.8 Å². The van der Waals surface area contributed by atoms with Crippen LogP contribution < -0.4 is 0 Å². The lowest BCUT2D eigenvalue weighted by Gasteiger charge is -2.27. The van der Waals surface area contributed by atoms with E-state index >= 15 is 0 Å². The number of likely N-dealkylation sites (tertiary alicyclic amines) is 2. The predicted octanol–water partition coefficient (Wildman–Crippen LogP) is 0.417. The molecule has 0 radical (unpaired) electrons. The van der Waals surface area contributed by atoms with Crippen LogP contribution >= 0.6 is 0 Å². The van der Waals surface area contributed by atoms with Gasteiger partial charge in [0.05, 0.1) is 19.4 Å². The molecule has 2 atom stereocenters. The molecule has 2 amide bonds. The van der Waals surface area contributed by atoms with Gasteiger partial charge in [0, 0.05) is 57.9 Å². The number of hydrogen-bond acceptors (Lipinski definition) is 5. The number of carbonyl (C=O) groups is 2. The molecule has 9 heteroatoms. The third kappa shape index (κ3) is 3.53. The Morgan fingerprint density at radius 1 is 1.15 bits per heavy atom. The van der Waals surface area contributed by atoms with Crippen LogP contribution in [0.4, 0.5) is 4.79 Å². The van der Waals surface area contributed by atoms with Crippen LogP contribution in [-0.2, 0) is 17.8 Å². The zero-order valence-corrected chi connectivity index (χ0v) is 15.7. The zero-order valence-electron chi connectivity index (χ0n) is 15.7. The van der Waals surface area contributed by atoms with Crippen molar-refractivity contribution in [1.82, 2.24) is 24.5 Å². The number of carbonyl (C=O) groups excluding carboxylic acids is 1. The number of fused-ring (bicyclic) bond motifs is 1. The van der Waals surface area contributed by atoms with Crippen molar-refractivity contribution in [2.45, 2.75) is 20.0 Å². The number of ether oxygens (including phenoxy) is 1. The van der Waals surface area contributed by atoms with Gasteiger partial charge in [-0.3, -0.25) is 14.4 Å². The molecule has 3 aliphatic rings. The van der Waals surface area contributed by atoms with Crippen LogP contribution in [0.2, 0.25) is 0 Å². The summed E-state index contributed by atoms with van der Waals surface area (Å²) < 4.78 is 7.15. The quantitative estimate of drug-likeness (QED) is 0.818. The summed E-state index contributed by atoms with van der Waals surface area (Å²) in [5.41, 5.74) is 1.65. The molecule has 3 saturated heterocycles. The monoisotopic (exact) mass is 377 g/mol. The highest BCUT2D eigenvalue weighted by Gasteiger charge is 2.42. The third-order valence-corrected chi connectivity index (χ3v) is 5.94. The van der Waals surface area contributed by atoms with Crippen LogP contribution in [0.1, 0.15) is 23.0 Å². The Hall–Kier alpha value is -2.13. The van der Waals surface area contributed by atoms with E-state index in [1.54, 1.807) is 4.68 Å². The van der Waals surface area contributed by atoms with Crippen molar-refractivity contribution >= 4 is 12.0 Å². The summed E-state index contributed by atoms with van der Waals surface area (Å²) in [6.45, 7) is 8.71. The summed E-state index contributed by atoms with van der Waals surface area (Å²) in [7, 11) is 0. The molecule has 0 bridgehead atoms. The molecule has 0 spiro atoms. The number of rotatable bonds is 4. The predicted molar refractivity (Wildman–Crippen MR) is 96.5 cm³/mol. The number of hydrogen-bond donors (Lipinski definition) is 1. The summed E-state index contributed by atoms with van der Waals surface area (Å²) in [4.78, 5) is 29.9. The molecular weight excluding hydrogens is 350 g/mol. The molecule has 148 valence electrons. The van der Waals surface area contributed by atoms with E-state index in [-0.39, 0.29) is 5.91 Å². The summed E-state index contributed by atoms with van der Waals surface area (Å²) >= 11 is 0. The highest BCUT2D eigenvalue weighted by Crippen LogP contribution is 2.32. The van der Waals surface area contributed by atoms with Crippen molar-refractivity contribution in [3.8, 4) is 0 Å². The van der Waals surface area contributed by atoms with E-state index in [1.807, 2.05) is 18.0 Å². The van der Waals surface area contributed by atoms with Gasteiger partial charge in [0.15, 0.2) is 0 Å². The number of aryl methyl sites for hydroxylation is 1. The van der Waals surface area contributed by atoms with E-state index in [1.165, 1.54) is 4.90 Å². The number of aromatic nitrogens is 2. The van der Waals surface area contributed by atoms with Gasteiger partial charge in [-0.2, -0.15) is 5.10 Å². The van der Waals surface area contributed by atoms with Gasteiger partial charge >= 0.3 is 6.09 Å². The molecule has 1 aromatic rings. The Balaban J connectivity index is 1.45. The molecule has 0 aromatic carbocycles. The molecule has 3 fully saturated rings. The van der Waals surface area contributed by atoms with Gasteiger partial charge in [0.1, 0.15) is 5.69 Å². The van der Waals surface area contributed by atoms with Crippen LogP contribution in [0.25, 0.3) is 0 Å². The van der Waals surface area contributed by atoms with E-state index in [9.17, 15) is 14.7 Å². The van der Waals surface area contributed by atoms with Crippen LogP contribution in [-0.4, -0.2) is 94.1 Å². The van der Waals surface area contributed by atoms with Crippen molar-refractivity contribution in [3.63, 3.8) is 0 Å². The highest BCUT2D eigenvalue weighted by molar-refractivity contribution is 5.94. The van der Waals surface area contributed by atoms with Gasteiger partial charge in [0.2, 0.25) is 0 Å².